The maximum absolute atomic E-state index is 14.7. The fourth-order valence-electron chi connectivity index (χ4n) is 3.10. The molecule has 28 heavy (non-hydrogen) atoms. The molecule has 0 saturated heterocycles. The highest BCUT2D eigenvalue weighted by molar-refractivity contribution is 5.94. The third-order valence-corrected chi connectivity index (χ3v) is 4.21. The van der Waals surface area contributed by atoms with E-state index in [0.29, 0.717) is 5.56 Å². The fraction of sp³-hybridized carbons (Fsp3) is 0.167. The van der Waals surface area contributed by atoms with Crippen molar-refractivity contribution in [2.24, 2.45) is 0 Å². The van der Waals surface area contributed by atoms with Gasteiger partial charge in [0.1, 0.15) is 18.0 Å². The number of hydrogen-bond donors (Lipinski definition) is 0. The van der Waals surface area contributed by atoms with Crippen LogP contribution >= 0.6 is 0 Å². The Morgan fingerprint density at radius 2 is 1.89 bits per heavy atom. The van der Waals surface area contributed by atoms with Crippen LogP contribution in [0.4, 0.5) is 33.5 Å². The van der Waals surface area contributed by atoms with Gasteiger partial charge in [-0.1, -0.05) is 0 Å². The lowest BCUT2D eigenvalue weighted by atomic mass is 10.1. The second-order valence-corrected chi connectivity index (χ2v) is 6.18. The lowest BCUT2D eigenvalue weighted by molar-refractivity contribution is 0.158. The van der Waals surface area contributed by atoms with Crippen LogP contribution in [0.1, 0.15) is 5.56 Å². The summed E-state index contributed by atoms with van der Waals surface area (Å²) >= 11 is 0. The predicted molar refractivity (Wildman–Crippen MR) is 92.4 cm³/mol. The first-order chi connectivity index (χ1) is 13.3. The summed E-state index contributed by atoms with van der Waals surface area (Å²) in [6.07, 6.45) is -1.61. The largest absolute Gasteiger partial charge is 0.320 e. The van der Waals surface area contributed by atoms with Crippen LogP contribution in [0.3, 0.4) is 0 Å². The molecule has 0 spiro atoms. The molecule has 0 aliphatic rings. The van der Waals surface area contributed by atoms with Gasteiger partial charge >= 0.3 is 0 Å². The molecular weight excluding hydrogens is 381 g/mol. The monoisotopic (exact) mass is 393 g/mol. The molecule has 0 saturated carbocycles. The quantitative estimate of drug-likeness (QED) is 0.482. The van der Waals surface area contributed by atoms with Crippen molar-refractivity contribution in [2.45, 2.75) is 13.3 Å². The zero-order valence-corrected chi connectivity index (χ0v) is 14.4. The van der Waals surface area contributed by atoms with E-state index in [1.165, 1.54) is 28.9 Å². The van der Waals surface area contributed by atoms with Crippen molar-refractivity contribution in [1.82, 2.24) is 19.6 Å². The topological polar surface area (TPSA) is 46.3 Å². The first kappa shape index (κ1) is 18.1. The Morgan fingerprint density at radius 3 is 2.61 bits per heavy atom. The summed E-state index contributed by atoms with van der Waals surface area (Å²) in [5, 5.41) is 7.10. The van der Waals surface area contributed by atoms with E-state index in [4.69, 9.17) is 0 Å². The van der Waals surface area contributed by atoms with E-state index < -0.39 is 30.4 Å². The molecule has 0 unspecified atom stereocenters. The van der Waals surface area contributed by atoms with Crippen LogP contribution in [0.25, 0.3) is 16.7 Å². The van der Waals surface area contributed by atoms with Crippen molar-refractivity contribution in [2.75, 3.05) is 11.4 Å². The van der Waals surface area contributed by atoms with E-state index in [0.717, 1.165) is 17.0 Å². The highest BCUT2D eigenvalue weighted by Crippen LogP contribution is 2.35. The lowest BCUT2D eigenvalue weighted by Crippen LogP contribution is -2.26. The van der Waals surface area contributed by atoms with Gasteiger partial charge in [0, 0.05) is 5.69 Å². The van der Waals surface area contributed by atoms with Gasteiger partial charge in [-0.2, -0.15) is 4.98 Å². The normalized spacial score (nSPS) is 11.7. The maximum Gasteiger partial charge on any atom is 0.257 e. The Bertz CT molecular complexity index is 1170. The van der Waals surface area contributed by atoms with Crippen LogP contribution in [0, 0.1) is 24.4 Å². The number of halogens is 5. The molecule has 0 radical (unpaired) electrons. The van der Waals surface area contributed by atoms with Crippen LogP contribution in [0.2, 0.25) is 0 Å². The Hall–Kier alpha value is -3.30. The molecule has 0 N–H and O–H groups in total. The number of hydrogen-bond acceptors (Lipinski definition) is 4. The Balaban J connectivity index is 2.08. The van der Waals surface area contributed by atoms with Crippen LogP contribution < -0.4 is 4.90 Å². The van der Waals surface area contributed by atoms with Gasteiger partial charge in [-0.3, -0.25) is 4.40 Å². The predicted octanol–water partition coefficient (Wildman–Crippen LogP) is 4.41. The molecule has 0 bridgehead atoms. The number of aryl methyl sites for hydroxylation is 1. The molecular formula is C18H12F5N5. The first-order valence-electron chi connectivity index (χ1n) is 8.15. The number of alkyl halides is 2. The minimum atomic E-state index is -2.86. The third-order valence-electron chi connectivity index (χ3n) is 4.21. The second kappa shape index (κ2) is 6.70. The van der Waals surface area contributed by atoms with Crippen molar-refractivity contribution in [1.29, 1.82) is 0 Å². The first-order valence-corrected chi connectivity index (χ1v) is 8.15. The Kier molecular flexibility index (Phi) is 4.33. The van der Waals surface area contributed by atoms with Crippen LogP contribution in [-0.4, -0.2) is 32.6 Å². The van der Waals surface area contributed by atoms with E-state index in [1.54, 1.807) is 6.92 Å². The maximum atomic E-state index is 14.7. The van der Waals surface area contributed by atoms with Gasteiger partial charge in [-0.15, -0.1) is 10.2 Å². The van der Waals surface area contributed by atoms with E-state index in [1.807, 2.05) is 0 Å². The Morgan fingerprint density at radius 1 is 1.11 bits per heavy atom. The number of nitrogens with zero attached hydrogens (tertiary/aromatic N) is 5. The fourth-order valence-corrected chi connectivity index (χ4v) is 3.10. The molecule has 0 aliphatic carbocycles. The molecule has 10 heteroatoms. The average Bonchev–Trinajstić information content (AvgIpc) is 3.09. The van der Waals surface area contributed by atoms with Crippen LogP contribution in [0.5, 0.6) is 0 Å². The molecule has 0 aliphatic heterocycles. The van der Waals surface area contributed by atoms with Gasteiger partial charge in [0.05, 0.1) is 17.4 Å². The van der Waals surface area contributed by atoms with Crippen molar-refractivity contribution >= 4 is 28.2 Å². The third kappa shape index (κ3) is 3.00. The average molecular weight is 393 g/mol. The standard InChI is InChI=1S/C18H12F5N5/c1-9-4-10(19)6-11(5-9)27(7-14(21)22)17-15-13(3-2-12(20)16(15)23)28-8-24-26-18(28)25-17/h2-6,8,14H,7H2,1H3. The van der Waals surface area contributed by atoms with E-state index in [-0.39, 0.29) is 28.2 Å². The number of rotatable bonds is 4. The molecule has 2 aromatic heterocycles. The minimum Gasteiger partial charge on any atom is -0.320 e. The summed E-state index contributed by atoms with van der Waals surface area (Å²) < 4.78 is 70.5. The molecule has 0 amide bonds. The van der Waals surface area contributed by atoms with E-state index in [9.17, 15) is 22.0 Å². The molecule has 2 aromatic carbocycles. The highest BCUT2D eigenvalue weighted by atomic mass is 19.3. The molecule has 0 atom stereocenters. The smallest absolute Gasteiger partial charge is 0.257 e. The molecule has 2 heterocycles. The van der Waals surface area contributed by atoms with Crippen LogP contribution in [-0.2, 0) is 0 Å². The van der Waals surface area contributed by atoms with Crippen molar-refractivity contribution in [3.8, 4) is 0 Å². The lowest BCUT2D eigenvalue weighted by Gasteiger charge is -2.25. The van der Waals surface area contributed by atoms with Gasteiger partial charge in [-0.05, 0) is 42.8 Å². The number of anilines is 2. The second-order valence-electron chi connectivity index (χ2n) is 6.18. The summed E-state index contributed by atoms with van der Waals surface area (Å²) in [7, 11) is 0. The SMILES string of the molecule is Cc1cc(F)cc(N(CC(F)F)c2nc3nncn3c3ccc(F)c(F)c23)c1. The van der Waals surface area contributed by atoms with Gasteiger partial charge in [0.15, 0.2) is 11.6 Å². The van der Waals surface area contributed by atoms with Crippen molar-refractivity contribution in [3.05, 3.63) is 59.7 Å². The number of aromatic nitrogens is 4. The number of fused-ring (bicyclic) bond motifs is 3. The molecule has 4 aromatic rings. The summed E-state index contributed by atoms with van der Waals surface area (Å²) in [6.45, 7) is 0.673. The zero-order valence-electron chi connectivity index (χ0n) is 14.4. The summed E-state index contributed by atoms with van der Waals surface area (Å²) in [5.74, 6) is -3.40. The minimum absolute atomic E-state index is 0.000833. The zero-order chi connectivity index (χ0) is 20.0. The molecule has 144 valence electrons. The summed E-state index contributed by atoms with van der Waals surface area (Å²) in [5.41, 5.74) is 0.629. The Labute approximate surface area is 155 Å². The van der Waals surface area contributed by atoms with E-state index in [2.05, 4.69) is 15.2 Å². The van der Waals surface area contributed by atoms with Gasteiger partial charge in [0.2, 0.25) is 0 Å². The van der Waals surface area contributed by atoms with Gasteiger partial charge in [0.25, 0.3) is 12.2 Å². The summed E-state index contributed by atoms with van der Waals surface area (Å²) in [4.78, 5) is 5.05. The number of benzene rings is 2. The van der Waals surface area contributed by atoms with Gasteiger partial charge in [-0.25, -0.2) is 22.0 Å². The van der Waals surface area contributed by atoms with E-state index >= 15 is 0 Å². The molecule has 4 rings (SSSR count). The van der Waals surface area contributed by atoms with Crippen molar-refractivity contribution in [3.63, 3.8) is 0 Å². The van der Waals surface area contributed by atoms with Crippen molar-refractivity contribution < 1.29 is 22.0 Å². The van der Waals surface area contributed by atoms with Gasteiger partial charge < -0.3 is 4.90 Å². The summed E-state index contributed by atoms with van der Waals surface area (Å²) in [6, 6.07) is 5.87. The van der Waals surface area contributed by atoms with Crippen LogP contribution in [0.15, 0.2) is 36.7 Å². The molecule has 5 nitrogen and oxygen atoms in total. The molecule has 0 fully saturated rings. The highest BCUT2D eigenvalue weighted by Gasteiger charge is 2.24.